The van der Waals surface area contributed by atoms with E-state index in [1.165, 1.54) is 15.4 Å². The lowest BCUT2D eigenvalue weighted by Gasteiger charge is -2.25. The fourth-order valence-electron chi connectivity index (χ4n) is 3.30. The molecule has 1 atom stereocenters. The molecule has 0 bridgehead atoms. The number of hydrogen-bond donors (Lipinski definition) is 0. The van der Waals surface area contributed by atoms with Crippen molar-refractivity contribution in [2.75, 3.05) is 0 Å². The summed E-state index contributed by atoms with van der Waals surface area (Å²) in [6.45, 7) is 5.76. The quantitative estimate of drug-likeness (QED) is 0.189. The van der Waals surface area contributed by atoms with Crippen LogP contribution in [0.3, 0.4) is 0 Å². The van der Waals surface area contributed by atoms with Crippen molar-refractivity contribution >= 4 is 29.5 Å². The van der Waals surface area contributed by atoms with Crippen LogP contribution in [-0.4, -0.2) is 16.2 Å². The average molecular weight is 451 g/mol. The highest BCUT2D eigenvalue weighted by Crippen LogP contribution is 2.42. The van der Waals surface area contributed by atoms with E-state index >= 15 is 0 Å². The number of esters is 1. The van der Waals surface area contributed by atoms with Gasteiger partial charge in [-0.15, -0.1) is 23.5 Å². The molecule has 0 aliphatic carbocycles. The molecular formula is C27H30O2S2. The molecule has 0 saturated carbocycles. The van der Waals surface area contributed by atoms with E-state index in [1.54, 1.807) is 0 Å². The van der Waals surface area contributed by atoms with Crippen LogP contribution in [0.1, 0.15) is 45.1 Å². The molecule has 0 aromatic heterocycles. The van der Waals surface area contributed by atoms with Gasteiger partial charge < -0.3 is 4.74 Å². The average Bonchev–Trinajstić information content (AvgIpc) is 2.74. The van der Waals surface area contributed by atoms with E-state index < -0.39 is 5.60 Å². The summed E-state index contributed by atoms with van der Waals surface area (Å²) < 4.78 is 5.92. The van der Waals surface area contributed by atoms with E-state index in [0.29, 0.717) is 6.42 Å². The Hall–Kier alpha value is -2.17. The molecule has 0 amide bonds. The fraction of sp³-hybridized carbons (Fsp3) is 0.296. The van der Waals surface area contributed by atoms with Crippen molar-refractivity contribution in [3.8, 4) is 0 Å². The molecule has 0 heterocycles. The van der Waals surface area contributed by atoms with Crippen LogP contribution in [-0.2, 0) is 9.53 Å². The lowest BCUT2D eigenvalue weighted by Crippen LogP contribution is -2.25. The maximum atomic E-state index is 12.7. The Morgan fingerprint density at radius 1 is 0.774 bits per heavy atom. The summed E-state index contributed by atoms with van der Waals surface area (Å²) in [4.78, 5) is 15.2. The van der Waals surface area contributed by atoms with Gasteiger partial charge in [-0.25, -0.2) is 0 Å². The van der Waals surface area contributed by atoms with Crippen LogP contribution in [0.25, 0.3) is 0 Å². The van der Waals surface area contributed by atoms with Gasteiger partial charge in [0.05, 0.1) is 11.0 Å². The first-order valence-corrected chi connectivity index (χ1v) is 12.4. The molecule has 0 fully saturated rings. The predicted octanol–water partition coefficient (Wildman–Crippen LogP) is 7.80. The molecule has 0 aliphatic heterocycles. The van der Waals surface area contributed by atoms with Gasteiger partial charge in [-0.1, -0.05) is 66.7 Å². The maximum absolute atomic E-state index is 12.7. The summed E-state index contributed by atoms with van der Waals surface area (Å²) in [6, 6.07) is 31.3. The van der Waals surface area contributed by atoms with Gasteiger partial charge in [0, 0.05) is 9.79 Å². The largest absolute Gasteiger partial charge is 0.460 e. The Balaban J connectivity index is 1.82. The molecule has 3 aromatic carbocycles. The first-order chi connectivity index (χ1) is 14.9. The van der Waals surface area contributed by atoms with E-state index in [9.17, 15) is 4.79 Å². The van der Waals surface area contributed by atoms with Crippen LogP contribution >= 0.6 is 23.5 Å². The van der Waals surface area contributed by atoms with Crippen LogP contribution in [0.2, 0.25) is 0 Å². The first-order valence-electron chi connectivity index (χ1n) is 10.6. The van der Waals surface area contributed by atoms with Gasteiger partial charge in [0.15, 0.2) is 0 Å². The molecule has 1 unspecified atom stereocenters. The number of thioether (sulfide) groups is 2. The van der Waals surface area contributed by atoms with Crippen LogP contribution in [0, 0.1) is 0 Å². The third kappa shape index (κ3) is 8.47. The van der Waals surface area contributed by atoms with Crippen molar-refractivity contribution in [1.29, 1.82) is 0 Å². The molecule has 2 nitrogen and oxygen atoms in total. The molecule has 31 heavy (non-hydrogen) atoms. The lowest BCUT2D eigenvalue weighted by molar-refractivity contribution is -0.155. The van der Waals surface area contributed by atoms with E-state index in [4.69, 9.17) is 4.74 Å². The Morgan fingerprint density at radius 2 is 1.23 bits per heavy atom. The minimum Gasteiger partial charge on any atom is -0.460 e. The van der Waals surface area contributed by atoms with Crippen LogP contribution in [0.5, 0.6) is 0 Å². The number of carbonyl (C=O) groups excluding carboxylic acids is 1. The summed E-state index contributed by atoms with van der Waals surface area (Å²) >= 11 is 3.72. The zero-order valence-electron chi connectivity index (χ0n) is 18.4. The summed E-state index contributed by atoms with van der Waals surface area (Å²) in [5, 5.41) is 0. The second kappa shape index (κ2) is 11.4. The third-order valence-corrected chi connectivity index (χ3v) is 7.18. The Morgan fingerprint density at radius 3 is 1.68 bits per heavy atom. The highest BCUT2D eigenvalue weighted by molar-refractivity contribution is 8.17. The number of carbonyl (C=O) groups is 1. The summed E-state index contributed by atoms with van der Waals surface area (Å²) in [7, 11) is 0. The molecular weight excluding hydrogens is 420 g/mol. The van der Waals surface area contributed by atoms with E-state index in [2.05, 4.69) is 60.7 Å². The van der Waals surface area contributed by atoms with Crippen molar-refractivity contribution in [3.05, 3.63) is 96.6 Å². The van der Waals surface area contributed by atoms with E-state index in [0.717, 1.165) is 6.42 Å². The maximum Gasteiger partial charge on any atom is 0.306 e. The summed E-state index contributed by atoms with van der Waals surface area (Å²) in [6.07, 6.45) is 1.24. The number of ether oxygens (including phenoxy) is 1. The highest BCUT2D eigenvalue weighted by atomic mass is 32.2. The Kier molecular flexibility index (Phi) is 8.68. The van der Waals surface area contributed by atoms with Gasteiger partial charge in [-0.2, -0.15) is 0 Å². The monoisotopic (exact) mass is 450 g/mol. The normalized spacial score (nSPS) is 12.5. The Labute approximate surface area is 194 Å². The number of rotatable bonds is 9. The number of benzene rings is 3. The van der Waals surface area contributed by atoms with Gasteiger partial charge in [-0.3, -0.25) is 4.79 Å². The second-order valence-electron chi connectivity index (χ2n) is 8.43. The molecule has 3 rings (SSSR count). The zero-order valence-corrected chi connectivity index (χ0v) is 20.0. The number of hydrogen-bond acceptors (Lipinski definition) is 4. The minimum absolute atomic E-state index is 0.0912. The SMILES string of the molecule is CC(C)(C)OC(=O)CC(CC(Sc1ccccc1)Sc1ccccc1)c1ccccc1. The van der Waals surface area contributed by atoms with Crippen LogP contribution in [0.4, 0.5) is 0 Å². The Bertz CT molecular complexity index is 880. The lowest BCUT2D eigenvalue weighted by atomic mass is 9.93. The second-order valence-corrected chi connectivity index (χ2v) is 11.3. The molecule has 0 N–H and O–H groups in total. The van der Waals surface area contributed by atoms with Gasteiger partial charge in [0.2, 0.25) is 0 Å². The summed E-state index contributed by atoms with van der Waals surface area (Å²) in [5.74, 6) is -0.0528. The zero-order chi connectivity index (χ0) is 22.1. The van der Waals surface area contributed by atoms with Crippen LogP contribution in [0.15, 0.2) is 101 Å². The third-order valence-electron chi connectivity index (χ3n) is 4.60. The van der Waals surface area contributed by atoms with Crippen molar-refractivity contribution in [3.63, 3.8) is 0 Å². The fourth-order valence-corrected chi connectivity index (χ4v) is 6.05. The minimum atomic E-state index is -0.477. The highest BCUT2D eigenvalue weighted by Gasteiger charge is 2.25. The molecule has 3 aromatic rings. The van der Waals surface area contributed by atoms with Crippen molar-refractivity contribution < 1.29 is 9.53 Å². The van der Waals surface area contributed by atoms with Crippen molar-refractivity contribution in [2.24, 2.45) is 0 Å². The smallest absolute Gasteiger partial charge is 0.306 e. The standard InChI is InChI=1S/C27H30O2S2/c1-27(2,3)29-25(28)19-22(21-13-7-4-8-14-21)20-26(30-23-15-9-5-10-16-23)31-24-17-11-6-12-18-24/h4-18,22,26H,19-20H2,1-3H3. The first kappa shape index (κ1) is 23.5. The topological polar surface area (TPSA) is 26.3 Å². The van der Waals surface area contributed by atoms with E-state index in [-0.39, 0.29) is 16.5 Å². The molecule has 0 radical (unpaired) electrons. The predicted molar refractivity (Wildman–Crippen MR) is 133 cm³/mol. The van der Waals surface area contributed by atoms with Crippen molar-refractivity contribution in [2.45, 2.75) is 59.5 Å². The van der Waals surface area contributed by atoms with Gasteiger partial charge >= 0.3 is 5.97 Å². The van der Waals surface area contributed by atoms with Gasteiger partial charge in [0.25, 0.3) is 0 Å². The van der Waals surface area contributed by atoms with E-state index in [1.807, 2.05) is 74.6 Å². The molecule has 0 spiro atoms. The molecule has 0 saturated heterocycles. The summed E-state index contributed by atoms with van der Waals surface area (Å²) in [5.41, 5.74) is 0.704. The molecule has 0 aliphatic rings. The molecule has 162 valence electrons. The van der Waals surface area contributed by atoms with Crippen molar-refractivity contribution in [1.82, 2.24) is 0 Å². The van der Waals surface area contributed by atoms with Crippen LogP contribution < -0.4 is 0 Å². The molecule has 4 heteroatoms. The van der Waals surface area contributed by atoms with Gasteiger partial charge in [-0.05, 0) is 62.9 Å². The van der Waals surface area contributed by atoms with Gasteiger partial charge in [0.1, 0.15) is 5.60 Å².